The molecular formula is C12H9N3O5S. The highest BCUT2D eigenvalue weighted by Crippen LogP contribution is 2.19. The number of carbonyl (C=O) groups excluding carboxylic acids is 2. The lowest BCUT2D eigenvalue weighted by Crippen LogP contribution is -2.11. The van der Waals surface area contributed by atoms with Crippen molar-refractivity contribution in [2.24, 2.45) is 0 Å². The second-order valence-corrected chi connectivity index (χ2v) is 4.67. The van der Waals surface area contributed by atoms with Crippen molar-refractivity contribution in [2.75, 3.05) is 5.32 Å². The Morgan fingerprint density at radius 1 is 1.43 bits per heavy atom. The first-order valence-electron chi connectivity index (χ1n) is 5.68. The third-order valence-corrected chi connectivity index (χ3v) is 3.16. The Morgan fingerprint density at radius 3 is 2.76 bits per heavy atom. The molecule has 2 aromatic rings. The van der Waals surface area contributed by atoms with E-state index in [4.69, 9.17) is 4.74 Å². The molecule has 108 valence electrons. The normalized spacial score (nSPS) is 9.90. The number of thiazole rings is 1. The minimum absolute atomic E-state index is 0.0615. The predicted molar refractivity (Wildman–Crippen MR) is 74.2 cm³/mol. The van der Waals surface area contributed by atoms with Crippen molar-refractivity contribution in [3.05, 3.63) is 45.5 Å². The van der Waals surface area contributed by atoms with Gasteiger partial charge in [0.25, 0.3) is 5.69 Å². The van der Waals surface area contributed by atoms with Crippen molar-refractivity contribution >= 4 is 34.5 Å². The molecule has 8 nitrogen and oxygen atoms in total. The summed E-state index contributed by atoms with van der Waals surface area (Å²) in [6.07, 6.45) is 0.436. The summed E-state index contributed by atoms with van der Waals surface area (Å²) in [4.78, 5) is 35.9. The number of aromatic nitrogens is 1. The molecule has 0 bridgehead atoms. The van der Waals surface area contributed by atoms with Gasteiger partial charge < -0.3 is 10.1 Å². The zero-order valence-corrected chi connectivity index (χ0v) is 11.3. The van der Waals surface area contributed by atoms with Crippen molar-refractivity contribution in [3.63, 3.8) is 0 Å². The minimum Gasteiger partial charge on any atom is -0.426 e. The van der Waals surface area contributed by atoms with Gasteiger partial charge in [-0.15, -0.1) is 11.3 Å². The van der Waals surface area contributed by atoms with Crippen LogP contribution >= 0.6 is 11.3 Å². The molecule has 1 aromatic heterocycles. The number of nitro benzene ring substituents is 1. The Kier molecular flexibility index (Phi) is 4.57. The third-order valence-electron chi connectivity index (χ3n) is 2.34. The average molecular weight is 307 g/mol. The quantitative estimate of drug-likeness (QED) is 0.286. The van der Waals surface area contributed by atoms with Gasteiger partial charge in [-0.05, 0) is 12.1 Å². The van der Waals surface area contributed by atoms with Crippen molar-refractivity contribution in [2.45, 2.75) is 6.42 Å². The second kappa shape index (κ2) is 6.57. The zero-order valence-electron chi connectivity index (χ0n) is 10.5. The van der Waals surface area contributed by atoms with E-state index >= 15 is 0 Å². The van der Waals surface area contributed by atoms with E-state index in [2.05, 4.69) is 10.3 Å². The molecule has 2 rings (SSSR count). The first-order chi connectivity index (χ1) is 10.1. The number of anilines is 1. The van der Waals surface area contributed by atoms with E-state index in [1.54, 1.807) is 5.38 Å². The minimum atomic E-state index is -0.549. The van der Waals surface area contributed by atoms with E-state index in [0.29, 0.717) is 17.2 Å². The topological polar surface area (TPSA) is 111 Å². The first kappa shape index (κ1) is 14.6. The van der Waals surface area contributed by atoms with Gasteiger partial charge in [0.2, 0.25) is 6.41 Å². The van der Waals surface area contributed by atoms with Crippen LogP contribution in [0.4, 0.5) is 10.8 Å². The summed E-state index contributed by atoms with van der Waals surface area (Å²) >= 11 is 1.19. The zero-order chi connectivity index (χ0) is 15.2. The summed E-state index contributed by atoms with van der Waals surface area (Å²) in [5, 5.41) is 14.9. The van der Waals surface area contributed by atoms with Crippen LogP contribution < -0.4 is 10.1 Å². The molecule has 1 N–H and O–H groups in total. The molecule has 0 aliphatic heterocycles. The van der Waals surface area contributed by atoms with Crippen LogP contribution in [0.15, 0.2) is 29.6 Å². The number of non-ortho nitro benzene ring substituents is 1. The Balaban J connectivity index is 1.94. The summed E-state index contributed by atoms with van der Waals surface area (Å²) in [5.74, 6) is -0.334. The Hall–Kier alpha value is -2.81. The van der Waals surface area contributed by atoms with Gasteiger partial charge in [0, 0.05) is 17.5 Å². The fraction of sp³-hybridized carbons (Fsp3) is 0.0833. The molecule has 0 atom stereocenters. The maximum Gasteiger partial charge on any atom is 0.317 e. The summed E-state index contributed by atoms with van der Waals surface area (Å²) in [5.41, 5.74) is 0.384. The number of ether oxygens (including phenoxy) is 1. The monoisotopic (exact) mass is 307 g/mol. The molecule has 1 aromatic carbocycles. The van der Waals surface area contributed by atoms with Crippen molar-refractivity contribution in [1.29, 1.82) is 0 Å². The fourth-order valence-electron chi connectivity index (χ4n) is 1.46. The molecule has 21 heavy (non-hydrogen) atoms. The number of benzene rings is 1. The highest BCUT2D eigenvalue weighted by atomic mass is 32.1. The molecule has 0 saturated heterocycles. The maximum absolute atomic E-state index is 11.7. The van der Waals surface area contributed by atoms with Gasteiger partial charge in [-0.25, -0.2) is 4.98 Å². The van der Waals surface area contributed by atoms with Gasteiger partial charge in [0.05, 0.1) is 17.0 Å². The highest BCUT2D eigenvalue weighted by Gasteiger charge is 2.11. The van der Waals surface area contributed by atoms with Crippen LogP contribution in [0.1, 0.15) is 5.69 Å². The molecule has 0 fully saturated rings. The number of hydrogen-bond donors (Lipinski definition) is 1. The molecule has 0 spiro atoms. The van der Waals surface area contributed by atoms with E-state index in [9.17, 15) is 19.7 Å². The third kappa shape index (κ3) is 4.08. The molecule has 9 heteroatoms. The molecule has 0 radical (unpaired) electrons. The maximum atomic E-state index is 11.7. The number of carbonyl (C=O) groups is 2. The average Bonchev–Trinajstić information content (AvgIpc) is 2.87. The number of nitrogens with one attached hydrogen (secondary N) is 1. The van der Waals surface area contributed by atoms with Gasteiger partial charge >= 0.3 is 5.97 Å². The molecule has 1 heterocycles. The fourth-order valence-corrected chi connectivity index (χ4v) is 2.13. The van der Waals surface area contributed by atoms with Gasteiger partial charge in [-0.1, -0.05) is 0 Å². The van der Waals surface area contributed by atoms with E-state index in [-0.39, 0.29) is 17.9 Å². The van der Waals surface area contributed by atoms with E-state index in [0.717, 1.165) is 0 Å². The molecule has 0 saturated carbocycles. The number of amides is 1. The molecule has 1 amide bonds. The number of esters is 1. The van der Waals surface area contributed by atoms with E-state index in [1.165, 1.54) is 35.6 Å². The van der Waals surface area contributed by atoms with Crippen LogP contribution in [0.3, 0.4) is 0 Å². The SMILES string of the molecule is O=CNc1nc(CC(=O)Oc2ccc([N+](=O)[O-])cc2)cs1. The van der Waals surface area contributed by atoms with Crippen molar-refractivity contribution < 1.29 is 19.2 Å². The van der Waals surface area contributed by atoms with Crippen molar-refractivity contribution in [1.82, 2.24) is 4.98 Å². The van der Waals surface area contributed by atoms with E-state index < -0.39 is 10.9 Å². The van der Waals surface area contributed by atoms with Crippen LogP contribution in [0.5, 0.6) is 5.75 Å². The van der Waals surface area contributed by atoms with Gasteiger partial charge in [-0.2, -0.15) is 0 Å². The first-order valence-corrected chi connectivity index (χ1v) is 6.56. The summed E-state index contributed by atoms with van der Waals surface area (Å²) in [6, 6.07) is 5.18. The second-order valence-electron chi connectivity index (χ2n) is 3.81. The van der Waals surface area contributed by atoms with Crippen LogP contribution in [0, 0.1) is 10.1 Å². The van der Waals surface area contributed by atoms with Crippen molar-refractivity contribution in [3.8, 4) is 5.75 Å². The molecular weight excluding hydrogens is 298 g/mol. The number of nitrogens with zero attached hydrogens (tertiary/aromatic N) is 2. The van der Waals surface area contributed by atoms with Crippen LogP contribution in [0.2, 0.25) is 0 Å². The Labute approximate surface area is 122 Å². The standard InChI is InChI=1S/C12H9N3O5S/c16-7-13-12-14-8(6-21-12)5-11(17)20-10-3-1-9(2-4-10)15(18)19/h1-4,6-7H,5H2,(H,13,14,16). The molecule has 0 aliphatic carbocycles. The largest absolute Gasteiger partial charge is 0.426 e. The molecule has 0 aliphatic rings. The number of hydrogen-bond acceptors (Lipinski definition) is 7. The Bertz CT molecular complexity index is 668. The highest BCUT2D eigenvalue weighted by molar-refractivity contribution is 7.13. The van der Waals surface area contributed by atoms with Crippen LogP contribution in [0.25, 0.3) is 0 Å². The van der Waals surface area contributed by atoms with Gasteiger partial charge in [0.15, 0.2) is 5.13 Å². The smallest absolute Gasteiger partial charge is 0.317 e. The van der Waals surface area contributed by atoms with E-state index in [1.807, 2.05) is 0 Å². The summed E-state index contributed by atoms with van der Waals surface area (Å²) in [6.45, 7) is 0. The number of rotatable bonds is 6. The summed E-state index contributed by atoms with van der Waals surface area (Å²) < 4.78 is 5.04. The van der Waals surface area contributed by atoms with Crippen LogP contribution in [-0.4, -0.2) is 22.3 Å². The van der Waals surface area contributed by atoms with Gasteiger partial charge in [0.1, 0.15) is 5.75 Å². The number of nitro groups is 1. The lowest BCUT2D eigenvalue weighted by molar-refractivity contribution is -0.384. The lowest BCUT2D eigenvalue weighted by atomic mass is 10.3. The van der Waals surface area contributed by atoms with Crippen LogP contribution in [-0.2, 0) is 16.0 Å². The predicted octanol–water partition coefficient (Wildman–Crippen LogP) is 1.77. The molecule has 0 unspecified atom stereocenters. The lowest BCUT2D eigenvalue weighted by Gasteiger charge is -2.02. The van der Waals surface area contributed by atoms with Gasteiger partial charge in [-0.3, -0.25) is 19.7 Å². The Morgan fingerprint density at radius 2 is 2.14 bits per heavy atom. The summed E-state index contributed by atoms with van der Waals surface area (Å²) in [7, 11) is 0.